The van der Waals surface area contributed by atoms with E-state index in [1.165, 1.54) is 47.8 Å². The van der Waals surface area contributed by atoms with Crippen LogP contribution in [0.25, 0.3) is 0 Å². The lowest BCUT2D eigenvalue weighted by Crippen LogP contribution is -2.43. The third-order valence-corrected chi connectivity index (χ3v) is 3.64. The molecule has 7 heteroatoms. The summed E-state index contributed by atoms with van der Waals surface area (Å²) in [6.45, 7) is 1.92. The smallest absolute Gasteiger partial charge is 0.266 e. The molecule has 0 aliphatic heterocycles. The van der Waals surface area contributed by atoms with Crippen molar-refractivity contribution < 1.29 is 9.59 Å². The second kappa shape index (κ2) is 7.08. The molecule has 0 aliphatic carbocycles. The fourth-order valence-electron chi connectivity index (χ4n) is 2.33. The predicted octanol–water partition coefficient (Wildman–Crippen LogP) is 0.777. The summed E-state index contributed by atoms with van der Waals surface area (Å²) in [5.74, 6) is -1.40. The molecule has 0 bridgehead atoms. The molecule has 0 radical (unpaired) electrons. The Labute approximate surface area is 138 Å². The normalized spacial score (nSPS) is 10.5. The Morgan fingerprint density at radius 2 is 1.33 bits per heavy atom. The number of pyridine rings is 2. The van der Waals surface area contributed by atoms with Gasteiger partial charge in [0.2, 0.25) is 0 Å². The van der Waals surface area contributed by atoms with Crippen LogP contribution in [0.4, 0.5) is 0 Å². The number of amides is 2. The van der Waals surface area contributed by atoms with Crippen molar-refractivity contribution in [2.75, 3.05) is 6.54 Å². The fraction of sp³-hybridized carbons (Fsp3) is 0.294. The Morgan fingerprint density at radius 3 is 1.71 bits per heavy atom. The molecule has 126 valence electrons. The number of aromatic nitrogens is 2. The summed E-state index contributed by atoms with van der Waals surface area (Å²) >= 11 is 0. The lowest BCUT2D eigenvalue weighted by atomic mass is 10.2. The number of nitrogens with zero attached hydrogens (tertiary/aromatic N) is 3. The third kappa shape index (κ3) is 3.19. The molecular weight excluding hydrogens is 310 g/mol. The lowest BCUT2D eigenvalue weighted by molar-refractivity contribution is 0.0613. The van der Waals surface area contributed by atoms with Gasteiger partial charge in [0.05, 0.1) is 0 Å². The average molecular weight is 329 g/mol. The van der Waals surface area contributed by atoms with Crippen LogP contribution in [0.5, 0.6) is 0 Å². The molecule has 0 aliphatic rings. The second-order valence-electron chi connectivity index (χ2n) is 5.44. The average Bonchev–Trinajstić information content (AvgIpc) is 2.56. The van der Waals surface area contributed by atoms with Gasteiger partial charge in [-0.3, -0.25) is 24.1 Å². The van der Waals surface area contributed by atoms with E-state index in [1.54, 1.807) is 19.1 Å². The van der Waals surface area contributed by atoms with Gasteiger partial charge in [0.1, 0.15) is 11.1 Å². The van der Waals surface area contributed by atoms with Crippen LogP contribution in [0.15, 0.2) is 46.2 Å². The maximum Gasteiger partial charge on any atom is 0.266 e. The summed E-state index contributed by atoms with van der Waals surface area (Å²) in [6, 6.07) is 5.88. The number of hydrogen-bond donors (Lipinski definition) is 0. The first-order valence-electron chi connectivity index (χ1n) is 7.56. The number of aryl methyl sites for hydroxylation is 2. The molecule has 2 rings (SSSR count). The van der Waals surface area contributed by atoms with Crippen LogP contribution in [-0.4, -0.2) is 32.4 Å². The topological polar surface area (TPSA) is 81.4 Å². The SMILES string of the molecule is CCCN(C(=O)c1cccn(C)c1=O)C(=O)c1cccn(C)c1=O. The molecule has 0 unspecified atom stereocenters. The molecule has 2 amide bonds. The fourth-order valence-corrected chi connectivity index (χ4v) is 2.33. The Morgan fingerprint density at radius 1 is 0.917 bits per heavy atom. The maximum atomic E-state index is 12.7. The summed E-state index contributed by atoms with van der Waals surface area (Å²) in [5, 5.41) is 0. The van der Waals surface area contributed by atoms with Crippen LogP contribution in [0, 0.1) is 0 Å². The molecule has 24 heavy (non-hydrogen) atoms. The van der Waals surface area contributed by atoms with Crippen molar-refractivity contribution in [2.24, 2.45) is 14.1 Å². The summed E-state index contributed by atoms with van der Waals surface area (Å²) in [4.78, 5) is 50.6. The van der Waals surface area contributed by atoms with Gasteiger partial charge < -0.3 is 9.13 Å². The van der Waals surface area contributed by atoms with E-state index >= 15 is 0 Å². The van der Waals surface area contributed by atoms with Gasteiger partial charge in [-0.2, -0.15) is 0 Å². The van der Waals surface area contributed by atoms with Crippen molar-refractivity contribution in [3.05, 3.63) is 68.5 Å². The van der Waals surface area contributed by atoms with Crippen molar-refractivity contribution in [2.45, 2.75) is 13.3 Å². The zero-order valence-corrected chi connectivity index (χ0v) is 13.9. The summed E-state index contributed by atoms with van der Waals surface area (Å²) in [7, 11) is 3.05. The van der Waals surface area contributed by atoms with Crippen LogP contribution in [0.1, 0.15) is 34.1 Å². The Balaban J connectivity index is 2.49. The van der Waals surface area contributed by atoms with Crippen molar-refractivity contribution in [3.63, 3.8) is 0 Å². The molecule has 7 nitrogen and oxygen atoms in total. The zero-order chi connectivity index (χ0) is 17.9. The summed E-state index contributed by atoms with van der Waals surface area (Å²) < 4.78 is 2.53. The first-order valence-corrected chi connectivity index (χ1v) is 7.56. The van der Waals surface area contributed by atoms with Gasteiger partial charge in [-0.15, -0.1) is 0 Å². The van der Waals surface area contributed by atoms with Crippen molar-refractivity contribution in [3.8, 4) is 0 Å². The van der Waals surface area contributed by atoms with E-state index in [9.17, 15) is 19.2 Å². The zero-order valence-electron chi connectivity index (χ0n) is 13.9. The van der Waals surface area contributed by atoms with Gasteiger partial charge >= 0.3 is 0 Å². The highest BCUT2D eigenvalue weighted by atomic mass is 16.2. The minimum Gasteiger partial charge on any atom is -0.318 e. The van der Waals surface area contributed by atoms with Gasteiger partial charge in [-0.1, -0.05) is 6.92 Å². The van der Waals surface area contributed by atoms with Gasteiger partial charge in [-0.05, 0) is 30.7 Å². The first kappa shape index (κ1) is 17.4. The number of rotatable bonds is 4. The number of carbonyl (C=O) groups excluding carboxylic acids is 2. The largest absolute Gasteiger partial charge is 0.318 e. The Kier molecular flexibility index (Phi) is 5.13. The summed E-state index contributed by atoms with van der Waals surface area (Å²) in [6.07, 6.45) is 3.56. The van der Waals surface area contributed by atoms with Crippen LogP contribution in [-0.2, 0) is 14.1 Å². The molecule has 0 fully saturated rings. The van der Waals surface area contributed by atoms with E-state index in [4.69, 9.17) is 0 Å². The van der Waals surface area contributed by atoms with Crippen LogP contribution in [0.2, 0.25) is 0 Å². The van der Waals surface area contributed by atoms with Gasteiger partial charge in [0, 0.05) is 33.0 Å². The molecule has 0 aromatic carbocycles. The molecule has 2 heterocycles. The molecular formula is C17H19N3O4. The number of hydrogen-bond acceptors (Lipinski definition) is 4. The molecule has 0 N–H and O–H groups in total. The van der Waals surface area contributed by atoms with Crippen molar-refractivity contribution in [1.29, 1.82) is 0 Å². The predicted molar refractivity (Wildman–Crippen MR) is 89.0 cm³/mol. The molecule has 0 saturated carbocycles. The van der Waals surface area contributed by atoms with Crippen molar-refractivity contribution >= 4 is 11.8 Å². The molecule has 2 aromatic heterocycles. The van der Waals surface area contributed by atoms with E-state index < -0.39 is 22.9 Å². The molecule has 0 atom stereocenters. The summed E-state index contributed by atoms with van der Waals surface area (Å²) in [5.41, 5.74) is -1.18. The monoisotopic (exact) mass is 329 g/mol. The van der Waals surface area contributed by atoms with Crippen LogP contribution < -0.4 is 11.1 Å². The quantitative estimate of drug-likeness (QED) is 0.776. The van der Waals surface area contributed by atoms with E-state index in [-0.39, 0.29) is 17.7 Å². The standard InChI is InChI=1S/C17H19N3O4/c1-4-9-20(16(23)12-7-5-10-18(2)14(12)21)17(24)13-8-6-11-19(3)15(13)22/h5-8,10-11H,4,9H2,1-3H3. The highest BCUT2D eigenvalue weighted by molar-refractivity contribution is 6.10. The van der Waals surface area contributed by atoms with Gasteiger partial charge in [0.25, 0.3) is 22.9 Å². The molecule has 2 aromatic rings. The van der Waals surface area contributed by atoms with Crippen LogP contribution >= 0.6 is 0 Å². The number of carbonyl (C=O) groups is 2. The van der Waals surface area contributed by atoms with Gasteiger partial charge in [0.15, 0.2) is 0 Å². The Bertz CT molecular complexity index is 824. The molecule has 0 spiro atoms. The van der Waals surface area contributed by atoms with Crippen LogP contribution in [0.3, 0.4) is 0 Å². The highest BCUT2D eigenvalue weighted by Crippen LogP contribution is 2.07. The lowest BCUT2D eigenvalue weighted by Gasteiger charge is -2.20. The highest BCUT2D eigenvalue weighted by Gasteiger charge is 2.27. The van der Waals surface area contributed by atoms with E-state index in [2.05, 4.69) is 0 Å². The Hall–Kier alpha value is -2.96. The minimum atomic E-state index is -0.700. The van der Waals surface area contributed by atoms with Crippen molar-refractivity contribution in [1.82, 2.24) is 14.0 Å². The molecule has 0 saturated heterocycles. The second-order valence-corrected chi connectivity index (χ2v) is 5.44. The van der Waals surface area contributed by atoms with Gasteiger partial charge in [-0.25, -0.2) is 0 Å². The number of imide groups is 1. The maximum absolute atomic E-state index is 12.7. The van der Waals surface area contributed by atoms with E-state index in [1.807, 2.05) is 0 Å². The van der Waals surface area contributed by atoms with E-state index in [0.29, 0.717) is 6.42 Å². The van der Waals surface area contributed by atoms with E-state index in [0.717, 1.165) is 4.90 Å². The third-order valence-electron chi connectivity index (χ3n) is 3.64. The first-order chi connectivity index (χ1) is 11.4. The minimum absolute atomic E-state index is 0.102.